The minimum absolute atomic E-state index is 0.0583. The molecule has 0 spiro atoms. The van der Waals surface area contributed by atoms with Crippen molar-refractivity contribution in [2.24, 2.45) is 5.92 Å². The van der Waals surface area contributed by atoms with E-state index in [-0.39, 0.29) is 17.4 Å². The van der Waals surface area contributed by atoms with Crippen LogP contribution in [0.4, 0.5) is 23.7 Å². The number of hydrogen-bond acceptors (Lipinski definition) is 3. The average Bonchev–Trinajstić information content (AvgIpc) is 2.42. The largest absolute Gasteiger partial charge is 0.482 e. The number of urea groups is 1. The second-order valence-corrected chi connectivity index (χ2v) is 5.42. The van der Waals surface area contributed by atoms with E-state index in [1.165, 1.54) is 18.2 Å². The molecule has 0 aliphatic heterocycles. The second kappa shape index (κ2) is 8.61. The summed E-state index contributed by atoms with van der Waals surface area (Å²) in [6, 6.07) is 5.33. The quantitative estimate of drug-likeness (QED) is 0.717. The number of hydrogen-bond donors (Lipinski definition) is 3. The molecular formula is C15H21F3N2O3. The first-order valence-electron chi connectivity index (χ1n) is 7.19. The number of ether oxygens (including phenoxy) is 1. The predicted molar refractivity (Wildman–Crippen MR) is 80.5 cm³/mol. The van der Waals surface area contributed by atoms with Crippen molar-refractivity contribution in [1.82, 2.24) is 5.32 Å². The maximum atomic E-state index is 12.2. The number of anilines is 1. The van der Waals surface area contributed by atoms with Gasteiger partial charge in [-0.15, -0.1) is 0 Å². The summed E-state index contributed by atoms with van der Waals surface area (Å²) in [5.41, 5.74) is 0.150. The van der Waals surface area contributed by atoms with Crippen molar-refractivity contribution in [1.29, 1.82) is 0 Å². The third kappa shape index (κ3) is 8.29. The fraction of sp³-hybridized carbons (Fsp3) is 0.533. The van der Waals surface area contributed by atoms with Crippen molar-refractivity contribution >= 4 is 11.7 Å². The normalized spacial score (nSPS) is 14.0. The molecular weight excluding hydrogens is 313 g/mol. The van der Waals surface area contributed by atoms with Crippen molar-refractivity contribution in [2.45, 2.75) is 32.5 Å². The molecule has 23 heavy (non-hydrogen) atoms. The van der Waals surface area contributed by atoms with Crippen LogP contribution in [0.15, 0.2) is 24.3 Å². The Balaban J connectivity index is 2.54. The molecule has 0 saturated heterocycles. The summed E-state index contributed by atoms with van der Waals surface area (Å²) < 4.78 is 41.3. The third-order valence-corrected chi connectivity index (χ3v) is 2.88. The molecule has 5 nitrogen and oxygen atoms in total. The molecule has 2 atom stereocenters. The summed E-state index contributed by atoms with van der Waals surface area (Å²) in [4.78, 5) is 11.8. The second-order valence-electron chi connectivity index (χ2n) is 5.42. The van der Waals surface area contributed by atoms with Gasteiger partial charge in [-0.25, -0.2) is 4.79 Å². The fourth-order valence-corrected chi connectivity index (χ4v) is 1.95. The molecule has 8 heteroatoms. The Bertz CT molecular complexity index is 507. The van der Waals surface area contributed by atoms with Gasteiger partial charge in [0.2, 0.25) is 0 Å². The van der Waals surface area contributed by atoms with E-state index in [2.05, 4.69) is 15.4 Å². The zero-order chi connectivity index (χ0) is 17.5. The molecule has 0 aromatic heterocycles. The van der Waals surface area contributed by atoms with Crippen molar-refractivity contribution in [2.75, 3.05) is 18.5 Å². The maximum absolute atomic E-state index is 12.2. The highest BCUT2D eigenvalue weighted by molar-refractivity contribution is 5.90. The molecule has 1 aromatic rings. The standard InChI is InChI=1S/C15H21F3N2O3/c1-10(7-11(2)21)8-19-14(22)20-12-5-3-4-6-13(12)23-9-15(16,17)18/h3-6,10-11,21H,7-9H2,1-2H3,(H2,19,20,22)/t10-,11-/m0/s1. The molecule has 0 fully saturated rings. The van der Waals surface area contributed by atoms with Crippen LogP contribution in [0.25, 0.3) is 0 Å². The van der Waals surface area contributed by atoms with E-state index in [1.807, 2.05) is 6.92 Å². The van der Waals surface area contributed by atoms with E-state index in [9.17, 15) is 23.1 Å². The molecule has 0 unspecified atom stereocenters. The topological polar surface area (TPSA) is 70.6 Å². The van der Waals surface area contributed by atoms with Gasteiger partial charge in [0.05, 0.1) is 11.8 Å². The molecule has 2 amide bonds. The minimum Gasteiger partial charge on any atom is -0.482 e. The predicted octanol–water partition coefficient (Wildman–Crippen LogP) is 3.16. The number of nitrogens with one attached hydrogen (secondary N) is 2. The summed E-state index contributed by atoms with van der Waals surface area (Å²) in [6.07, 6.45) is -4.39. The van der Waals surface area contributed by atoms with Crippen LogP contribution in [0.3, 0.4) is 0 Å². The fourth-order valence-electron chi connectivity index (χ4n) is 1.95. The van der Waals surface area contributed by atoms with Gasteiger partial charge < -0.3 is 20.5 Å². The number of rotatable bonds is 7. The lowest BCUT2D eigenvalue weighted by molar-refractivity contribution is -0.153. The molecule has 0 bridgehead atoms. The lowest BCUT2D eigenvalue weighted by Gasteiger charge is -2.16. The van der Waals surface area contributed by atoms with Crippen molar-refractivity contribution in [3.05, 3.63) is 24.3 Å². The lowest BCUT2D eigenvalue weighted by atomic mass is 10.1. The van der Waals surface area contributed by atoms with Crippen molar-refractivity contribution in [3.63, 3.8) is 0 Å². The molecule has 130 valence electrons. The number of para-hydroxylation sites is 2. The zero-order valence-corrected chi connectivity index (χ0v) is 13.0. The minimum atomic E-state index is -4.45. The zero-order valence-electron chi connectivity index (χ0n) is 13.0. The molecule has 3 N–H and O–H groups in total. The van der Waals surface area contributed by atoms with Crippen LogP contribution >= 0.6 is 0 Å². The Kier molecular flexibility index (Phi) is 7.15. The van der Waals surface area contributed by atoms with Gasteiger partial charge in [-0.1, -0.05) is 19.1 Å². The molecule has 1 rings (SSSR count). The molecule has 0 aliphatic rings. The van der Waals surface area contributed by atoms with Crippen LogP contribution in [0.5, 0.6) is 5.75 Å². The van der Waals surface area contributed by atoms with E-state index in [1.54, 1.807) is 13.0 Å². The van der Waals surface area contributed by atoms with E-state index in [0.29, 0.717) is 13.0 Å². The first-order valence-corrected chi connectivity index (χ1v) is 7.19. The van der Waals surface area contributed by atoms with Gasteiger partial charge in [0.25, 0.3) is 0 Å². The van der Waals surface area contributed by atoms with Gasteiger partial charge in [-0.05, 0) is 31.4 Å². The number of carbonyl (C=O) groups is 1. The number of amides is 2. The highest BCUT2D eigenvalue weighted by atomic mass is 19.4. The maximum Gasteiger partial charge on any atom is 0.422 e. The monoisotopic (exact) mass is 334 g/mol. The van der Waals surface area contributed by atoms with E-state index in [4.69, 9.17) is 0 Å². The summed E-state index contributed by atoms with van der Waals surface area (Å²) in [5, 5.41) is 14.3. The molecule has 0 heterocycles. The number of carbonyl (C=O) groups excluding carboxylic acids is 1. The highest BCUT2D eigenvalue weighted by Gasteiger charge is 2.28. The van der Waals surface area contributed by atoms with Crippen molar-refractivity contribution < 1.29 is 27.8 Å². The van der Waals surface area contributed by atoms with Crippen molar-refractivity contribution in [3.8, 4) is 5.75 Å². The summed E-state index contributed by atoms with van der Waals surface area (Å²) in [7, 11) is 0. The van der Waals surface area contributed by atoms with Gasteiger partial charge >= 0.3 is 12.2 Å². The Morgan fingerprint density at radius 3 is 2.57 bits per heavy atom. The Labute approximate surface area is 132 Å². The number of benzene rings is 1. The van der Waals surface area contributed by atoms with Crippen LogP contribution in [0.2, 0.25) is 0 Å². The van der Waals surface area contributed by atoms with E-state index in [0.717, 1.165) is 0 Å². The van der Waals surface area contributed by atoms with Crippen LogP contribution in [-0.4, -0.2) is 36.6 Å². The Hall–Kier alpha value is -1.96. The van der Waals surface area contributed by atoms with Gasteiger partial charge in [0, 0.05) is 6.54 Å². The summed E-state index contributed by atoms with van der Waals surface area (Å²) in [5.74, 6) is 0.00878. The lowest BCUT2D eigenvalue weighted by Crippen LogP contribution is -2.33. The Morgan fingerprint density at radius 1 is 1.30 bits per heavy atom. The van der Waals surface area contributed by atoms with Crippen LogP contribution in [-0.2, 0) is 0 Å². The van der Waals surface area contributed by atoms with Crippen LogP contribution in [0.1, 0.15) is 20.3 Å². The smallest absolute Gasteiger partial charge is 0.422 e. The molecule has 1 aromatic carbocycles. The third-order valence-electron chi connectivity index (χ3n) is 2.88. The average molecular weight is 334 g/mol. The van der Waals surface area contributed by atoms with E-state index < -0.39 is 24.9 Å². The summed E-state index contributed by atoms with van der Waals surface area (Å²) in [6.45, 7) is 2.43. The van der Waals surface area contributed by atoms with Gasteiger partial charge in [-0.3, -0.25) is 0 Å². The number of halogens is 3. The first kappa shape index (κ1) is 19.1. The van der Waals surface area contributed by atoms with Gasteiger partial charge in [-0.2, -0.15) is 13.2 Å². The van der Waals surface area contributed by atoms with E-state index >= 15 is 0 Å². The molecule has 0 aliphatic carbocycles. The van der Waals surface area contributed by atoms with Crippen LogP contribution < -0.4 is 15.4 Å². The van der Waals surface area contributed by atoms with Gasteiger partial charge in [0.15, 0.2) is 6.61 Å². The number of aliphatic hydroxyl groups excluding tert-OH is 1. The number of alkyl halides is 3. The van der Waals surface area contributed by atoms with Gasteiger partial charge in [0.1, 0.15) is 5.75 Å². The SMILES string of the molecule is C[C@H](CNC(=O)Nc1ccccc1OCC(F)(F)F)C[C@H](C)O. The first-order chi connectivity index (χ1) is 10.7. The molecule has 0 radical (unpaired) electrons. The van der Waals surface area contributed by atoms with Crippen LogP contribution in [0, 0.1) is 5.92 Å². The number of aliphatic hydroxyl groups is 1. The highest BCUT2D eigenvalue weighted by Crippen LogP contribution is 2.26. The Morgan fingerprint density at radius 2 is 1.96 bits per heavy atom. The molecule has 0 saturated carbocycles. The summed E-state index contributed by atoms with van der Waals surface area (Å²) >= 11 is 0.